The van der Waals surface area contributed by atoms with Gasteiger partial charge in [-0.3, -0.25) is 9.36 Å². The van der Waals surface area contributed by atoms with Gasteiger partial charge in [0.2, 0.25) is 0 Å². The van der Waals surface area contributed by atoms with Gasteiger partial charge in [0, 0.05) is 18.5 Å². The number of imidazole rings is 1. The lowest BCUT2D eigenvalue weighted by Gasteiger charge is -2.07. The van der Waals surface area contributed by atoms with Crippen LogP contribution in [0, 0.1) is 11.6 Å². The number of pyridine rings is 1. The first kappa shape index (κ1) is 13.9. The predicted molar refractivity (Wildman–Crippen MR) is 75.7 cm³/mol. The second-order valence-corrected chi connectivity index (χ2v) is 4.45. The van der Waals surface area contributed by atoms with Crippen LogP contribution in [-0.4, -0.2) is 20.4 Å². The van der Waals surface area contributed by atoms with Crippen molar-refractivity contribution in [2.45, 2.75) is 0 Å². The van der Waals surface area contributed by atoms with E-state index in [-0.39, 0.29) is 5.56 Å². The summed E-state index contributed by atoms with van der Waals surface area (Å²) in [5.74, 6) is -1.70. The Bertz CT molecular complexity index is 801. The third kappa shape index (κ3) is 2.83. The van der Waals surface area contributed by atoms with E-state index < -0.39 is 17.5 Å². The molecule has 110 valence electrons. The van der Waals surface area contributed by atoms with E-state index in [0.717, 1.165) is 12.1 Å². The fraction of sp³-hybridized carbons (Fsp3) is 0. The number of hydrogen-bond acceptors (Lipinski definition) is 3. The Kier molecular flexibility index (Phi) is 3.61. The second-order valence-electron chi connectivity index (χ2n) is 4.45. The molecule has 2 heterocycles. The van der Waals surface area contributed by atoms with Crippen LogP contribution in [-0.2, 0) is 0 Å². The summed E-state index contributed by atoms with van der Waals surface area (Å²) in [5.41, 5.74) is 0.165. The SMILES string of the molecule is O=C(Nc1ccc(-n2ccnc2)nc1)c1ccc(F)cc1F. The molecule has 0 bridgehead atoms. The van der Waals surface area contributed by atoms with Gasteiger partial charge >= 0.3 is 0 Å². The van der Waals surface area contributed by atoms with E-state index in [2.05, 4.69) is 15.3 Å². The van der Waals surface area contributed by atoms with Crippen molar-refractivity contribution in [1.29, 1.82) is 0 Å². The molecule has 0 spiro atoms. The van der Waals surface area contributed by atoms with Gasteiger partial charge in [-0.25, -0.2) is 18.7 Å². The molecule has 0 aliphatic rings. The molecule has 1 aromatic carbocycles. The third-order valence-electron chi connectivity index (χ3n) is 2.95. The van der Waals surface area contributed by atoms with E-state index >= 15 is 0 Å². The minimum Gasteiger partial charge on any atom is -0.320 e. The van der Waals surface area contributed by atoms with Crippen LogP contribution < -0.4 is 5.32 Å². The van der Waals surface area contributed by atoms with Crippen molar-refractivity contribution in [2.75, 3.05) is 5.32 Å². The van der Waals surface area contributed by atoms with Crippen molar-refractivity contribution in [2.24, 2.45) is 0 Å². The number of carbonyl (C=O) groups is 1. The summed E-state index contributed by atoms with van der Waals surface area (Å²) in [6.07, 6.45) is 6.38. The van der Waals surface area contributed by atoms with Crippen LogP contribution in [0.2, 0.25) is 0 Å². The molecule has 1 N–H and O–H groups in total. The number of hydrogen-bond donors (Lipinski definition) is 1. The number of carbonyl (C=O) groups excluding carboxylic acids is 1. The quantitative estimate of drug-likeness (QED) is 0.809. The third-order valence-corrected chi connectivity index (χ3v) is 2.95. The lowest BCUT2D eigenvalue weighted by atomic mass is 10.2. The first-order valence-electron chi connectivity index (χ1n) is 6.34. The fourth-order valence-corrected chi connectivity index (χ4v) is 1.88. The number of anilines is 1. The van der Waals surface area contributed by atoms with Crippen molar-refractivity contribution in [3.05, 3.63) is 72.4 Å². The average molecular weight is 300 g/mol. The molecule has 0 aliphatic heterocycles. The Morgan fingerprint density at radius 3 is 2.68 bits per heavy atom. The summed E-state index contributed by atoms with van der Waals surface area (Å²) >= 11 is 0. The largest absolute Gasteiger partial charge is 0.320 e. The summed E-state index contributed by atoms with van der Waals surface area (Å²) in [4.78, 5) is 20.0. The van der Waals surface area contributed by atoms with Crippen molar-refractivity contribution in [1.82, 2.24) is 14.5 Å². The normalized spacial score (nSPS) is 10.5. The standard InChI is InChI=1S/C15H10F2N4O/c16-10-1-3-12(13(17)7-10)15(22)20-11-2-4-14(19-8-11)21-6-5-18-9-21/h1-9H,(H,20,22). The molecular formula is C15H10F2N4O. The maximum atomic E-state index is 13.5. The first-order chi connectivity index (χ1) is 10.6. The van der Waals surface area contributed by atoms with Gasteiger partial charge in [0.15, 0.2) is 0 Å². The van der Waals surface area contributed by atoms with Crippen LogP contribution in [0.1, 0.15) is 10.4 Å². The van der Waals surface area contributed by atoms with Crippen molar-refractivity contribution in [3.63, 3.8) is 0 Å². The van der Waals surface area contributed by atoms with E-state index in [1.807, 2.05) is 0 Å². The smallest absolute Gasteiger partial charge is 0.258 e. The highest BCUT2D eigenvalue weighted by Crippen LogP contribution is 2.14. The van der Waals surface area contributed by atoms with E-state index in [0.29, 0.717) is 17.6 Å². The second kappa shape index (κ2) is 5.72. The predicted octanol–water partition coefficient (Wildman–Crippen LogP) is 2.80. The molecule has 22 heavy (non-hydrogen) atoms. The number of aromatic nitrogens is 3. The molecule has 3 aromatic rings. The zero-order chi connectivity index (χ0) is 15.5. The molecule has 0 atom stereocenters. The Hall–Kier alpha value is -3.09. The number of amides is 1. The summed E-state index contributed by atoms with van der Waals surface area (Å²) < 4.78 is 28.1. The molecule has 0 saturated carbocycles. The van der Waals surface area contributed by atoms with Gasteiger partial charge in [0.1, 0.15) is 23.8 Å². The summed E-state index contributed by atoms with van der Waals surface area (Å²) in [5, 5.41) is 2.50. The van der Waals surface area contributed by atoms with Crippen LogP contribution in [0.15, 0.2) is 55.2 Å². The van der Waals surface area contributed by atoms with E-state index in [9.17, 15) is 13.6 Å². The Morgan fingerprint density at radius 2 is 2.05 bits per heavy atom. The molecular weight excluding hydrogens is 290 g/mol. The lowest BCUT2D eigenvalue weighted by Crippen LogP contribution is -2.14. The van der Waals surface area contributed by atoms with Gasteiger partial charge in [-0.2, -0.15) is 0 Å². The van der Waals surface area contributed by atoms with Gasteiger partial charge in [-0.1, -0.05) is 0 Å². The van der Waals surface area contributed by atoms with E-state index in [1.54, 1.807) is 35.4 Å². The number of halogens is 2. The molecule has 0 saturated heterocycles. The van der Waals surface area contributed by atoms with Gasteiger partial charge in [-0.05, 0) is 24.3 Å². The maximum Gasteiger partial charge on any atom is 0.258 e. The molecule has 2 aromatic heterocycles. The summed E-state index contributed by atoms with van der Waals surface area (Å²) in [6.45, 7) is 0. The van der Waals surface area contributed by atoms with E-state index in [4.69, 9.17) is 0 Å². The highest BCUT2D eigenvalue weighted by atomic mass is 19.1. The van der Waals surface area contributed by atoms with E-state index in [1.165, 1.54) is 6.20 Å². The topological polar surface area (TPSA) is 59.8 Å². The number of rotatable bonds is 3. The maximum absolute atomic E-state index is 13.5. The summed E-state index contributed by atoms with van der Waals surface area (Å²) in [7, 11) is 0. The summed E-state index contributed by atoms with van der Waals surface area (Å²) in [6, 6.07) is 6.08. The van der Waals surface area contributed by atoms with Crippen LogP contribution in [0.25, 0.3) is 5.82 Å². The van der Waals surface area contributed by atoms with Crippen LogP contribution in [0.3, 0.4) is 0 Å². The van der Waals surface area contributed by atoms with Gasteiger partial charge in [-0.15, -0.1) is 0 Å². The molecule has 0 fully saturated rings. The zero-order valence-electron chi connectivity index (χ0n) is 11.2. The number of benzene rings is 1. The Balaban J connectivity index is 1.77. The fourth-order valence-electron chi connectivity index (χ4n) is 1.88. The molecule has 3 rings (SSSR count). The molecule has 1 amide bonds. The molecule has 5 nitrogen and oxygen atoms in total. The highest BCUT2D eigenvalue weighted by molar-refractivity contribution is 6.04. The van der Waals surface area contributed by atoms with Crippen molar-refractivity contribution < 1.29 is 13.6 Å². The Labute approximate surface area is 124 Å². The molecule has 0 unspecified atom stereocenters. The van der Waals surface area contributed by atoms with Gasteiger partial charge < -0.3 is 5.32 Å². The minimum atomic E-state index is -0.916. The molecule has 0 radical (unpaired) electrons. The van der Waals surface area contributed by atoms with Crippen molar-refractivity contribution >= 4 is 11.6 Å². The Morgan fingerprint density at radius 1 is 1.18 bits per heavy atom. The highest BCUT2D eigenvalue weighted by Gasteiger charge is 2.12. The number of nitrogens with zero attached hydrogens (tertiary/aromatic N) is 3. The molecule has 0 aliphatic carbocycles. The van der Waals surface area contributed by atoms with Crippen LogP contribution >= 0.6 is 0 Å². The minimum absolute atomic E-state index is 0.236. The first-order valence-corrected chi connectivity index (χ1v) is 6.34. The van der Waals surface area contributed by atoms with Gasteiger partial charge in [0.25, 0.3) is 5.91 Å². The van der Waals surface area contributed by atoms with Crippen LogP contribution in [0.5, 0.6) is 0 Å². The monoisotopic (exact) mass is 300 g/mol. The van der Waals surface area contributed by atoms with Crippen LogP contribution in [0.4, 0.5) is 14.5 Å². The van der Waals surface area contributed by atoms with Gasteiger partial charge in [0.05, 0.1) is 17.4 Å². The zero-order valence-corrected chi connectivity index (χ0v) is 11.2. The number of nitrogens with one attached hydrogen (secondary N) is 1. The van der Waals surface area contributed by atoms with Crippen molar-refractivity contribution in [3.8, 4) is 5.82 Å². The lowest BCUT2D eigenvalue weighted by molar-refractivity contribution is 0.102. The molecule has 7 heteroatoms. The average Bonchev–Trinajstić information content (AvgIpc) is 3.02.